The molecule has 0 unspecified atom stereocenters. The van der Waals surface area contributed by atoms with E-state index in [1.807, 2.05) is 0 Å². The fourth-order valence-electron chi connectivity index (χ4n) is 1.05. The zero-order chi connectivity index (χ0) is 7.14. The molecular weight excluding hydrogens is 254 g/mol. The summed E-state index contributed by atoms with van der Waals surface area (Å²) in [7, 11) is 0. The molecule has 52 valence electrons. The molecule has 0 saturated heterocycles. The first-order valence-corrected chi connectivity index (χ1v) is 6.90. The monoisotopic (exact) mass is 264 g/mol. The molecule has 0 spiro atoms. The molecule has 10 heavy (non-hydrogen) atoms. The van der Waals surface area contributed by atoms with Crippen molar-refractivity contribution in [2.75, 3.05) is 0 Å². The molecule has 0 atom stereocenters. The van der Waals surface area contributed by atoms with Crippen LogP contribution in [-0.4, -0.2) is 29.0 Å². The van der Waals surface area contributed by atoms with Crippen molar-refractivity contribution in [2.24, 2.45) is 0 Å². The van der Waals surface area contributed by atoms with Crippen molar-refractivity contribution in [3.63, 3.8) is 0 Å². The van der Waals surface area contributed by atoms with Crippen LogP contribution < -0.4 is 0 Å². The van der Waals surface area contributed by atoms with Gasteiger partial charge in [0.1, 0.15) is 0 Å². The zero-order valence-electron chi connectivity index (χ0n) is 5.97. The van der Waals surface area contributed by atoms with E-state index in [4.69, 9.17) is 0 Å². The van der Waals surface area contributed by atoms with Crippen molar-refractivity contribution in [1.82, 2.24) is 0 Å². The molecule has 0 aliphatic heterocycles. The van der Waals surface area contributed by atoms with Gasteiger partial charge in [0, 0.05) is 0 Å². The van der Waals surface area contributed by atoms with E-state index in [0.29, 0.717) is 29.0 Å². The average Bonchev–Trinajstić information content (AvgIpc) is 2.41. The molecule has 0 bridgehead atoms. The molecule has 0 aromatic carbocycles. The van der Waals surface area contributed by atoms with Crippen molar-refractivity contribution in [1.29, 1.82) is 0 Å². The van der Waals surface area contributed by atoms with Gasteiger partial charge in [0.05, 0.1) is 0 Å². The topological polar surface area (TPSA) is 0 Å². The van der Waals surface area contributed by atoms with Crippen molar-refractivity contribution in [3.8, 4) is 0 Å². The van der Waals surface area contributed by atoms with Crippen LogP contribution in [0.4, 0.5) is 0 Å². The Kier molecular flexibility index (Phi) is 1.66. The van der Waals surface area contributed by atoms with E-state index in [0.717, 1.165) is 0 Å². The number of fused-ring (bicyclic) bond motifs is 1. The second kappa shape index (κ2) is 2.39. The summed E-state index contributed by atoms with van der Waals surface area (Å²) in [6.07, 6.45) is 0. The molecule has 0 radical (unpaired) electrons. The summed E-state index contributed by atoms with van der Waals surface area (Å²) >= 11 is 1.36. The van der Waals surface area contributed by atoms with E-state index in [1.165, 1.54) is 0 Å². The Morgan fingerprint density at radius 1 is 0.900 bits per heavy atom. The molecule has 0 N–H and O–H groups in total. The quantitative estimate of drug-likeness (QED) is 0.632. The van der Waals surface area contributed by atoms with Gasteiger partial charge in [-0.3, -0.25) is 0 Å². The van der Waals surface area contributed by atoms with E-state index in [-0.39, 0.29) is 0 Å². The van der Waals surface area contributed by atoms with Crippen LogP contribution in [0.1, 0.15) is 11.1 Å². The summed E-state index contributed by atoms with van der Waals surface area (Å²) in [6, 6.07) is 0. The third kappa shape index (κ3) is 0.878. The van der Waals surface area contributed by atoms with Gasteiger partial charge in [-0.2, -0.15) is 0 Å². The van der Waals surface area contributed by atoms with Crippen LogP contribution in [0, 0.1) is 13.8 Å². The first-order chi connectivity index (χ1) is 4.79. The Morgan fingerprint density at radius 3 is 1.70 bits per heavy atom. The van der Waals surface area contributed by atoms with Crippen LogP contribution in [0.3, 0.4) is 0 Å². The number of hydrogen-bond acceptors (Lipinski definition) is 0. The summed E-state index contributed by atoms with van der Waals surface area (Å²) < 4.78 is 3.37. The number of aryl methyl sites for hydroxylation is 2. The summed E-state index contributed by atoms with van der Waals surface area (Å²) in [5, 5.41) is 0. The van der Waals surface area contributed by atoms with Crippen LogP contribution in [0.2, 0.25) is 0 Å². The van der Waals surface area contributed by atoms with Gasteiger partial charge in [0.15, 0.2) is 0 Å². The SMILES string of the molecule is Cc1c[se]c2c(C)c[se]c12. The number of hydrogen-bond donors (Lipinski definition) is 0. The molecule has 2 rings (SSSR count). The van der Waals surface area contributed by atoms with Gasteiger partial charge >= 0.3 is 72.4 Å². The fraction of sp³-hybridized carbons (Fsp3) is 0.250. The molecule has 0 nitrogen and oxygen atoms in total. The molecule has 0 aliphatic carbocycles. The maximum atomic E-state index is 2.41. The normalized spacial score (nSPS) is 11.0. The van der Waals surface area contributed by atoms with Gasteiger partial charge in [-0.25, -0.2) is 0 Å². The van der Waals surface area contributed by atoms with Crippen LogP contribution in [0.15, 0.2) is 9.88 Å². The Balaban J connectivity index is 2.95. The second-order valence-corrected chi connectivity index (χ2v) is 6.19. The van der Waals surface area contributed by atoms with Gasteiger partial charge in [-0.05, 0) is 0 Å². The molecule has 2 heteroatoms. The van der Waals surface area contributed by atoms with Crippen molar-refractivity contribution >= 4 is 37.5 Å². The molecule has 0 fully saturated rings. The molecule has 0 saturated carbocycles. The molecule has 2 aromatic rings. The summed E-state index contributed by atoms with van der Waals surface area (Å²) in [4.78, 5) is 4.83. The first-order valence-electron chi connectivity index (χ1n) is 3.21. The predicted molar refractivity (Wildman–Crippen MR) is 47.3 cm³/mol. The standard InChI is InChI=1S/C8H8Se2/c1-5-3-9-8-6(2)4-10-7(5)8/h3-4H,1-2H3. The minimum atomic E-state index is 0.679. The van der Waals surface area contributed by atoms with E-state index < -0.39 is 0 Å². The third-order valence-electron chi connectivity index (χ3n) is 1.63. The van der Waals surface area contributed by atoms with Crippen LogP contribution in [-0.2, 0) is 0 Å². The van der Waals surface area contributed by atoms with Crippen molar-refractivity contribution in [2.45, 2.75) is 13.8 Å². The molecular formula is C8H8Se2. The maximum absolute atomic E-state index is 2.41. The van der Waals surface area contributed by atoms with Gasteiger partial charge in [-0.1, -0.05) is 0 Å². The van der Waals surface area contributed by atoms with Crippen LogP contribution in [0.5, 0.6) is 0 Å². The molecule has 2 heterocycles. The molecule has 0 aliphatic rings. The Hall–Kier alpha value is 0.259. The van der Waals surface area contributed by atoms with E-state index in [2.05, 4.69) is 23.7 Å². The Labute approximate surface area is 72.4 Å². The summed E-state index contributed by atoms with van der Waals surface area (Å²) in [5.41, 5.74) is 3.12. The fourth-order valence-corrected chi connectivity index (χ4v) is 6.74. The Morgan fingerprint density at radius 2 is 1.30 bits per heavy atom. The van der Waals surface area contributed by atoms with E-state index >= 15 is 0 Å². The molecule has 0 amide bonds. The van der Waals surface area contributed by atoms with Gasteiger partial charge in [0.25, 0.3) is 0 Å². The predicted octanol–water partition coefficient (Wildman–Crippen LogP) is 1.57. The van der Waals surface area contributed by atoms with Gasteiger partial charge in [-0.15, -0.1) is 0 Å². The number of rotatable bonds is 0. The van der Waals surface area contributed by atoms with Crippen molar-refractivity contribution in [3.05, 3.63) is 21.0 Å². The van der Waals surface area contributed by atoms with E-state index in [9.17, 15) is 0 Å². The molecule has 2 aromatic heterocycles. The van der Waals surface area contributed by atoms with Crippen LogP contribution >= 0.6 is 0 Å². The third-order valence-corrected chi connectivity index (χ3v) is 7.46. The second-order valence-electron chi connectivity index (χ2n) is 2.50. The minimum absolute atomic E-state index is 0.679. The van der Waals surface area contributed by atoms with Gasteiger partial charge < -0.3 is 0 Å². The zero-order valence-corrected chi connectivity index (χ0v) is 9.40. The van der Waals surface area contributed by atoms with Gasteiger partial charge in [0.2, 0.25) is 0 Å². The first kappa shape index (κ1) is 6.94. The Bertz CT molecular complexity index is 318. The van der Waals surface area contributed by atoms with Crippen LogP contribution in [0.25, 0.3) is 8.52 Å². The summed E-state index contributed by atoms with van der Waals surface area (Å²) in [6.45, 7) is 4.50. The summed E-state index contributed by atoms with van der Waals surface area (Å²) in [5.74, 6) is 0. The van der Waals surface area contributed by atoms with E-state index in [1.54, 1.807) is 19.6 Å². The average molecular weight is 262 g/mol. The van der Waals surface area contributed by atoms with Crippen molar-refractivity contribution < 1.29 is 0 Å².